The first-order chi connectivity index (χ1) is 9.78. The van der Waals surface area contributed by atoms with Gasteiger partial charge in [-0.3, -0.25) is 0 Å². The van der Waals surface area contributed by atoms with Gasteiger partial charge in [0.15, 0.2) is 5.82 Å². The van der Waals surface area contributed by atoms with Crippen molar-refractivity contribution in [2.24, 2.45) is 0 Å². The van der Waals surface area contributed by atoms with Crippen molar-refractivity contribution < 1.29 is 9.26 Å². The summed E-state index contributed by atoms with van der Waals surface area (Å²) in [6.45, 7) is 2.00. The van der Waals surface area contributed by atoms with Crippen LogP contribution >= 0.6 is 15.9 Å². The lowest BCUT2D eigenvalue weighted by Crippen LogP contribution is -2.28. The SMILES string of the molecule is COc1ccc(-c2nc(C3CCCNC3)no2)cc1Br. The summed E-state index contributed by atoms with van der Waals surface area (Å²) in [5, 5.41) is 7.48. The molecule has 3 rings (SSSR count). The van der Waals surface area contributed by atoms with Gasteiger partial charge in [0.05, 0.1) is 11.6 Å². The van der Waals surface area contributed by atoms with Crippen molar-refractivity contribution in [2.45, 2.75) is 18.8 Å². The molecule has 6 heteroatoms. The van der Waals surface area contributed by atoms with Gasteiger partial charge in [-0.25, -0.2) is 0 Å². The molecule has 2 heterocycles. The van der Waals surface area contributed by atoms with Crippen LogP contribution in [0.25, 0.3) is 11.5 Å². The van der Waals surface area contributed by atoms with Gasteiger partial charge in [-0.05, 0) is 53.5 Å². The summed E-state index contributed by atoms with van der Waals surface area (Å²) < 4.78 is 11.5. The number of nitrogens with one attached hydrogen (secondary N) is 1. The number of halogens is 1. The molecule has 0 bridgehead atoms. The molecule has 1 N–H and O–H groups in total. The van der Waals surface area contributed by atoms with Gasteiger partial charge in [0, 0.05) is 18.0 Å². The summed E-state index contributed by atoms with van der Waals surface area (Å²) in [4.78, 5) is 4.52. The minimum absolute atomic E-state index is 0.350. The first-order valence-electron chi connectivity index (χ1n) is 6.66. The van der Waals surface area contributed by atoms with Crippen molar-refractivity contribution in [3.63, 3.8) is 0 Å². The monoisotopic (exact) mass is 337 g/mol. The summed E-state index contributed by atoms with van der Waals surface area (Å²) in [6, 6.07) is 5.72. The molecular weight excluding hydrogens is 322 g/mol. The van der Waals surface area contributed by atoms with Crippen molar-refractivity contribution in [1.29, 1.82) is 0 Å². The zero-order chi connectivity index (χ0) is 13.9. The topological polar surface area (TPSA) is 60.2 Å². The van der Waals surface area contributed by atoms with E-state index < -0.39 is 0 Å². The van der Waals surface area contributed by atoms with Crippen LogP contribution in [-0.4, -0.2) is 30.3 Å². The van der Waals surface area contributed by atoms with Gasteiger partial charge in [0.1, 0.15) is 5.75 Å². The second-order valence-electron chi connectivity index (χ2n) is 4.85. The van der Waals surface area contributed by atoms with Crippen LogP contribution in [-0.2, 0) is 0 Å². The highest BCUT2D eigenvalue weighted by atomic mass is 79.9. The van der Waals surface area contributed by atoms with E-state index in [1.165, 1.54) is 0 Å². The molecule has 1 saturated heterocycles. The number of hydrogen-bond donors (Lipinski definition) is 1. The molecule has 2 aromatic rings. The number of hydrogen-bond acceptors (Lipinski definition) is 5. The summed E-state index contributed by atoms with van der Waals surface area (Å²) in [5.74, 6) is 2.47. The lowest BCUT2D eigenvalue weighted by molar-refractivity contribution is 0.393. The number of nitrogens with zero attached hydrogens (tertiary/aromatic N) is 2. The van der Waals surface area contributed by atoms with Crippen LogP contribution in [0, 0.1) is 0 Å². The lowest BCUT2D eigenvalue weighted by atomic mass is 9.99. The average Bonchev–Trinajstić information content (AvgIpc) is 2.98. The van der Waals surface area contributed by atoms with Crippen molar-refractivity contribution in [3.05, 3.63) is 28.5 Å². The Hall–Kier alpha value is -1.40. The zero-order valence-corrected chi connectivity index (χ0v) is 12.8. The fraction of sp³-hybridized carbons (Fsp3) is 0.429. The maximum atomic E-state index is 5.38. The molecule has 1 aliphatic heterocycles. The van der Waals surface area contributed by atoms with E-state index in [0.29, 0.717) is 11.8 Å². The minimum atomic E-state index is 0.350. The Morgan fingerprint density at radius 3 is 3.05 bits per heavy atom. The Balaban J connectivity index is 1.84. The highest BCUT2D eigenvalue weighted by Crippen LogP contribution is 2.30. The highest BCUT2D eigenvalue weighted by molar-refractivity contribution is 9.10. The van der Waals surface area contributed by atoms with E-state index in [1.807, 2.05) is 18.2 Å². The largest absolute Gasteiger partial charge is 0.496 e. The quantitative estimate of drug-likeness (QED) is 0.932. The van der Waals surface area contributed by atoms with Crippen molar-refractivity contribution >= 4 is 15.9 Å². The van der Waals surface area contributed by atoms with Crippen molar-refractivity contribution in [3.8, 4) is 17.2 Å². The van der Waals surface area contributed by atoms with Crippen molar-refractivity contribution in [1.82, 2.24) is 15.5 Å². The Bertz CT molecular complexity index is 594. The maximum absolute atomic E-state index is 5.38. The number of aromatic nitrogens is 2. The first kappa shape index (κ1) is 13.6. The van der Waals surface area contributed by atoms with Gasteiger partial charge < -0.3 is 14.6 Å². The van der Waals surface area contributed by atoms with Crippen LogP contribution in [0.5, 0.6) is 5.75 Å². The molecule has 5 nitrogen and oxygen atoms in total. The van der Waals surface area contributed by atoms with E-state index >= 15 is 0 Å². The van der Waals surface area contributed by atoms with Crippen LogP contribution in [0.3, 0.4) is 0 Å². The third-order valence-electron chi connectivity index (χ3n) is 3.50. The average molecular weight is 338 g/mol. The molecule has 0 aliphatic carbocycles. The van der Waals surface area contributed by atoms with Gasteiger partial charge >= 0.3 is 0 Å². The number of piperidine rings is 1. The highest BCUT2D eigenvalue weighted by Gasteiger charge is 2.21. The van der Waals surface area contributed by atoms with Gasteiger partial charge in [-0.1, -0.05) is 5.16 Å². The number of ether oxygens (including phenoxy) is 1. The molecule has 0 spiro atoms. The molecule has 1 fully saturated rings. The van der Waals surface area contributed by atoms with Crippen LogP contribution in [0.4, 0.5) is 0 Å². The normalized spacial score (nSPS) is 19.0. The molecule has 1 unspecified atom stereocenters. The van der Waals surface area contributed by atoms with Crippen LogP contribution in [0.2, 0.25) is 0 Å². The second kappa shape index (κ2) is 5.93. The van der Waals surface area contributed by atoms with Gasteiger partial charge in [-0.15, -0.1) is 0 Å². The molecule has 0 saturated carbocycles. The lowest BCUT2D eigenvalue weighted by Gasteiger charge is -2.19. The summed E-state index contributed by atoms with van der Waals surface area (Å²) in [5.41, 5.74) is 0.889. The minimum Gasteiger partial charge on any atom is -0.496 e. The maximum Gasteiger partial charge on any atom is 0.257 e. The predicted molar refractivity (Wildman–Crippen MR) is 78.8 cm³/mol. The standard InChI is InChI=1S/C14H16BrN3O2/c1-19-12-5-4-9(7-11(12)15)14-17-13(18-20-14)10-3-2-6-16-8-10/h4-5,7,10,16H,2-3,6,8H2,1H3. The van der Waals surface area contributed by atoms with E-state index in [0.717, 1.165) is 47.5 Å². The summed E-state index contributed by atoms with van der Waals surface area (Å²) >= 11 is 3.46. The predicted octanol–water partition coefficient (Wildman–Crippen LogP) is 2.97. The van der Waals surface area contributed by atoms with E-state index in [2.05, 4.69) is 31.4 Å². The van der Waals surface area contributed by atoms with Crippen LogP contribution in [0.15, 0.2) is 27.2 Å². The third-order valence-corrected chi connectivity index (χ3v) is 4.12. The summed E-state index contributed by atoms with van der Waals surface area (Å²) in [7, 11) is 1.64. The number of rotatable bonds is 3. The van der Waals surface area contributed by atoms with Gasteiger partial charge in [-0.2, -0.15) is 4.98 Å². The number of methoxy groups -OCH3 is 1. The van der Waals surface area contributed by atoms with E-state index in [1.54, 1.807) is 7.11 Å². The zero-order valence-electron chi connectivity index (χ0n) is 11.2. The molecule has 1 aromatic heterocycles. The van der Waals surface area contributed by atoms with Crippen LogP contribution in [0.1, 0.15) is 24.6 Å². The molecular formula is C14H16BrN3O2. The molecule has 0 radical (unpaired) electrons. The van der Waals surface area contributed by atoms with E-state index in [9.17, 15) is 0 Å². The van der Waals surface area contributed by atoms with E-state index in [-0.39, 0.29) is 0 Å². The van der Waals surface area contributed by atoms with Crippen molar-refractivity contribution in [2.75, 3.05) is 20.2 Å². The smallest absolute Gasteiger partial charge is 0.257 e. The molecule has 106 valence electrons. The summed E-state index contributed by atoms with van der Waals surface area (Å²) in [6.07, 6.45) is 2.26. The van der Waals surface area contributed by atoms with E-state index in [4.69, 9.17) is 9.26 Å². The molecule has 1 aliphatic rings. The fourth-order valence-corrected chi connectivity index (χ4v) is 2.93. The Labute approximate surface area is 125 Å². The molecule has 1 aromatic carbocycles. The Kier molecular flexibility index (Phi) is 4.03. The number of benzene rings is 1. The van der Waals surface area contributed by atoms with Gasteiger partial charge in [0.2, 0.25) is 0 Å². The molecule has 0 amide bonds. The first-order valence-corrected chi connectivity index (χ1v) is 7.45. The Morgan fingerprint density at radius 1 is 1.45 bits per heavy atom. The Morgan fingerprint density at radius 2 is 2.35 bits per heavy atom. The molecule has 1 atom stereocenters. The van der Waals surface area contributed by atoms with Crippen LogP contribution < -0.4 is 10.1 Å². The molecule has 20 heavy (non-hydrogen) atoms. The second-order valence-corrected chi connectivity index (χ2v) is 5.70. The van der Waals surface area contributed by atoms with Gasteiger partial charge in [0.25, 0.3) is 5.89 Å². The third kappa shape index (κ3) is 2.71. The fourth-order valence-electron chi connectivity index (χ4n) is 2.39.